The lowest BCUT2D eigenvalue weighted by Gasteiger charge is -2.27. The lowest BCUT2D eigenvalue weighted by molar-refractivity contribution is 0.0918. The van der Waals surface area contributed by atoms with Crippen molar-refractivity contribution in [3.8, 4) is 0 Å². The number of aromatic nitrogens is 2. The van der Waals surface area contributed by atoms with E-state index in [-0.39, 0.29) is 12.7 Å². The van der Waals surface area contributed by atoms with Crippen LogP contribution in [0.1, 0.15) is 29.3 Å². The molecule has 0 aliphatic carbocycles. The second kappa shape index (κ2) is 9.12. The molecule has 5 nitrogen and oxygen atoms in total. The van der Waals surface area contributed by atoms with Crippen molar-refractivity contribution in [2.24, 2.45) is 0 Å². The molecule has 2 aromatic heterocycles. The van der Waals surface area contributed by atoms with Gasteiger partial charge in [-0.05, 0) is 54.0 Å². The van der Waals surface area contributed by atoms with Crippen LogP contribution < -0.4 is 0 Å². The number of ether oxygens (including phenoxy) is 1. The summed E-state index contributed by atoms with van der Waals surface area (Å²) in [6.07, 6.45) is 6.20. The van der Waals surface area contributed by atoms with Gasteiger partial charge in [0.1, 0.15) is 6.61 Å². The number of halogens is 1. The summed E-state index contributed by atoms with van der Waals surface area (Å²) < 4.78 is 7.82. The number of nitrogens with zero attached hydrogens (tertiary/aromatic N) is 3. The molecule has 0 atom stereocenters. The Kier molecular flexibility index (Phi) is 5.88. The molecule has 166 valence electrons. The maximum absolute atomic E-state index is 12.8. The Morgan fingerprint density at radius 2 is 1.91 bits per heavy atom. The summed E-state index contributed by atoms with van der Waals surface area (Å²) in [6.45, 7) is 3.46. The van der Waals surface area contributed by atoms with Crippen LogP contribution >= 0.6 is 11.6 Å². The molecule has 1 amide bonds. The topological polar surface area (TPSA) is 47.4 Å². The van der Waals surface area contributed by atoms with Crippen LogP contribution in [0.25, 0.3) is 22.7 Å². The number of benzene rings is 2. The molecule has 0 bridgehead atoms. The number of hydrogen-bond donors (Lipinski definition) is 0. The molecule has 1 aliphatic heterocycles. The largest absolute Gasteiger partial charge is 0.445 e. The van der Waals surface area contributed by atoms with Crippen LogP contribution in [-0.4, -0.2) is 27.1 Å². The minimum atomic E-state index is -0.295. The minimum absolute atomic E-state index is 0.268. The van der Waals surface area contributed by atoms with Crippen LogP contribution in [0.5, 0.6) is 0 Å². The summed E-state index contributed by atoms with van der Waals surface area (Å²) >= 11 is 6.35. The van der Waals surface area contributed by atoms with Crippen LogP contribution in [0.2, 0.25) is 5.02 Å². The maximum Gasteiger partial charge on any atom is 0.410 e. The van der Waals surface area contributed by atoms with E-state index in [4.69, 9.17) is 16.3 Å². The van der Waals surface area contributed by atoms with Crippen molar-refractivity contribution in [2.45, 2.75) is 26.5 Å². The molecule has 0 unspecified atom stereocenters. The molecule has 0 fully saturated rings. The minimum Gasteiger partial charge on any atom is -0.445 e. The predicted molar refractivity (Wildman–Crippen MR) is 132 cm³/mol. The van der Waals surface area contributed by atoms with E-state index in [2.05, 4.69) is 22.7 Å². The van der Waals surface area contributed by atoms with Gasteiger partial charge in [-0.2, -0.15) is 0 Å². The first-order chi connectivity index (χ1) is 16.1. The van der Waals surface area contributed by atoms with E-state index in [0.29, 0.717) is 18.1 Å². The van der Waals surface area contributed by atoms with E-state index in [9.17, 15) is 4.79 Å². The molecule has 6 heteroatoms. The highest BCUT2D eigenvalue weighted by molar-refractivity contribution is 6.31. The first-order valence-corrected chi connectivity index (χ1v) is 11.3. The molecule has 0 saturated heterocycles. The average molecular weight is 458 g/mol. The fraction of sp³-hybridized carbons (Fsp3) is 0.185. The van der Waals surface area contributed by atoms with Crippen molar-refractivity contribution in [1.29, 1.82) is 0 Å². The standard InChI is InChI=1S/C27H24ClN3O2/c1-19(21-9-12-29-13-10-21)16-31-25-8-7-22(28)15-23(25)24-17-30(14-11-26(24)31)27(32)33-18-20-5-3-2-4-6-20/h2-10,12-13,15-16H,11,14,17-18H2,1H3/b19-16+. The summed E-state index contributed by atoms with van der Waals surface area (Å²) in [7, 11) is 0. The quantitative estimate of drug-likeness (QED) is 0.356. The van der Waals surface area contributed by atoms with E-state index < -0.39 is 0 Å². The Labute approximate surface area is 197 Å². The van der Waals surface area contributed by atoms with Gasteiger partial charge in [0.15, 0.2) is 0 Å². The number of amides is 1. The van der Waals surface area contributed by atoms with Gasteiger partial charge in [-0.3, -0.25) is 4.98 Å². The number of pyridine rings is 1. The fourth-order valence-corrected chi connectivity index (χ4v) is 4.53. The van der Waals surface area contributed by atoms with Gasteiger partial charge < -0.3 is 14.2 Å². The summed E-state index contributed by atoms with van der Waals surface area (Å²) in [5.41, 5.74) is 6.64. The molecule has 33 heavy (non-hydrogen) atoms. The first kappa shape index (κ1) is 21.3. The van der Waals surface area contributed by atoms with Gasteiger partial charge in [0.2, 0.25) is 0 Å². The number of carbonyl (C=O) groups excluding carboxylic acids is 1. The van der Waals surface area contributed by atoms with E-state index in [0.717, 1.165) is 39.6 Å². The Bertz CT molecular complexity index is 1330. The number of carbonyl (C=O) groups is 1. The molecule has 3 heterocycles. The molecule has 4 aromatic rings. The van der Waals surface area contributed by atoms with Crippen molar-refractivity contribution in [1.82, 2.24) is 14.5 Å². The zero-order chi connectivity index (χ0) is 22.8. The molecule has 0 radical (unpaired) electrons. The maximum atomic E-state index is 12.8. The van der Waals surface area contributed by atoms with Crippen LogP contribution in [0.15, 0.2) is 73.1 Å². The second-order valence-electron chi connectivity index (χ2n) is 8.22. The molecule has 5 rings (SSSR count). The molecule has 1 aliphatic rings. The second-order valence-corrected chi connectivity index (χ2v) is 8.65. The molecular weight excluding hydrogens is 434 g/mol. The lowest BCUT2D eigenvalue weighted by Crippen LogP contribution is -2.36. The van der Waals surface area contributed by atoms with E-state index in [1.165, 1.54) is 5.69 Å². The highest BCUT2D eigenvalue weighted by Gasteiger charge is 2.27. The van der Waals surface area contributed by atoms with Gasteiger partial charge in [-0.1, -0.05) is 41.9 Å². The van der Waals surface area contributed by atoms with Crippen molar-refractivity contribution >= 4 is 40.4 Å². The monoisotopic (exact) mass is 457 g/mol. The summed E-state index contributed by atoms with van der Waals surface area (Å²) in [5.74, 6) is 0. The highest BCUT2D eigenvalue weighted by atomic mass is 35.5. The van der Waals surface area contributed by atoms with Gasteiger partial charge in [-0.25, -0.2) is 4.79 Å². The normalized spacial score (nSPS) is 13.8. The van der Waals surface area contributed by atoms with E-state index in [1.807, 2.05) is 60.7 Å². The first-order valence-electron chi connectivity index (χ1n) is 11.0. The summed E-state index contributed by atoms with van der Waals surface area (Å²) in [6, 6.07) is 19.7. The number of rotatable bonds is 4. The SMILES string of the molecule is C/C(=C\n1c2c(c3cc(Cl)ccc31)CN(C(=O)OCc1ccccc1)CC2)c1ccncc1. The third kappa shape index (κ3) is 4.37. The Morgan fingerprint density at radius 1 is 1.12 bits per heavy atom. The molecule has 0 N–H and O–H groups in total. The van der Waals surface area contributed by atoms with Gasteiger partial charge >= 0.3 is 6.09 Å². The fourth-order valence-electron chi connectivity index (χ4n) is 4.36. The third-order valence-electron chi connectivity index (χ3n) is 6.07. The van der Waals surface area contributed by atoms with Gasteiger partial charge in [-0.15, -0.1) is 0 Å². The van der Waals surface area contributed by atoms with Crippen molar-refractivity contribution < 1.29 is 9.53 Å². The molecular formula is C27H24ClN3O2. The number of allylic oxidation sites excluding steroid dienone is 1. The van der Waals surface area contributed by atoms with Crippen LogP contribution in [0.3, 0.4) is 0 Å². The smallest absolute Gasteiger partial charge is 0.410 e. The Balaban J connectivity index is 1.46. The zero-order valence-corrected chi connectivity index (χ0v) is 19.1. The zero-order valence-electron chi connectivity index (χ0n) is 18.4. The summed E-state index contributed by atoms with van der Waals surface area (Å²) in [4.78, 5) is 18.7. The number of fused-ring (bicyclic) bond motifs is 3. The molecule has 2 aromatic carbocycles. The molecule has 0 saturated carbocycles. The highest BCUT2D eigenvalue weighted by Crippen LogP contribution is 2.34. The Morgan fingerprint density at radius 3 is 2.70 bits per heavy atom. The molecule has 0 spiro atoms. The van der Waals surface area contributed by atoms with Gasteiger partial charge in [0, 0.05) is 53.2 Å². The lowest BCUT2D eigenvalue weighted by atomic mass is 10.0. The predicted octanol–water partition coefficient (Wildman–Crippen LogP) is 6.40. The average Bonchev–Trinajstić information content (AvgIpc) is 3.15. The van der Waals surface area contributed by atoms with Crippen LogP contribution in [-0.2, 0) is 24.3 Å². The van der Waals surface area contributed by atoms with E-state index >= 15 is 0 Å². The summed E-state index contributed by atoms with van der Waals surface area (Å²) in [5, 5.41) is 1.75. The van der Waals surface area contributed by atoms with Gasteiger partial charge in [0.05, 0.1) is 12.1 Å². The van der Waals surface area contributed by atoms with Crippen LogP contribution in [0.4, 0.5) is 4.79 Å². The third-order valence-corrected chi connectivity index (χ3v) is 6.31. The number of hydrogen-bond acceptors (Lipinski definition) is 3. The van der Waals surface area contributed by atoms with Crippen LogP contribution in [0, 0.1) is 0 Å². The Hall–Kier alpha value is -3.57. The van der Waals surface area contributed by atoms with E-state index in [1.54, 1.807) is 17.3 Å². The van der Waals surface area contributed by atoms with Crippen molar-refractivity contribution in [3.05, 3.63) is 100 Å². The van der Waals surface area contributed by atoms with Crippen molar-refractivity contribution in [2.75, 3.05) is 6.54 Å². The van der Waals surface area contributed by atoms with Crippen molar-refractivity contribution in [3.63, 3.8) is 0 Å². The van der Waals surface area contributed by atoms with Gasteiger partial charge in [0.25, 0.3) is 0 Å².